The first-order valence-electron chi connectivity index (χ1n) is 6.45. The second kappa shape index (κ2) is 4.96. The van der Waals surface area contributed by atoms with E-state index in [1.165, 1.54) is 18.6 Å². The standard InChI is InChI=1S/C14H20ClFN2/c1-3-14(2)4-6-18(7-5-14)13-9-11(16)10(15)8-12(13)17/h8-9H,3-7,17H2,1-2H3. The van der Waals surface area contributed by atoms with Crippen LogP contribution in [-0.2, 0) is 0 Å². The Morgan fingerprint density at radius 3 is 2.56 bits per heavy atom. The molecule has 1 aliphatic rings. The summed E-state index contributed by atoms with van der Waals surface area (Å²) in [4.78, 5) is 2.16. The molecular weight excluding hydrogens is 251 g/mol. The van der Waals surface area contributed by atoms with Crippen LogP contribution in [0, 0.1) is 11.2 Å². The van der Waals surface area contributed by atoms with Crippen molar-refractivity contribution in [2.75, 3.05) is 23.7 Å². The predicted octanol–water partition coefficient (Wildman–Crippen LogP) is 4.08. The third kappa shape index (κ3) is 2.56. The number of halogens is 2. The summed E-state index contributed by atoms with van der Waals surface area (Å²) < 4.78 is 13.5. The molecule has 4 heteroatoms. The van der Waals surface area contributed by atoms with Gasteiger partial charge in [-0.25, -0.2) is 4.39 Å². The van der Waals surface area contributed by atoms with Crippen molar-refractivity contribution in [3.05, 3.63) is 23.0 Å². The van der Waals surface area contributed by atoms with Crippen LogP contribution in [0.4, 0.5) is 15.8 Å². The van der Waals surface area contributed by atoms with E-state index in [1.54, 1.807) is 0 Å². The Morgan fingerprint density at radius 2 is 2.00 bits per heavy atom. The zero-order chi connectivity index (χ0) is 13.3. The largest absolute Gasteiger partial charge is 0.397 e. The Morgan fingerprint density at radius 1 is 1.39 bits per heavy atom. The number of piperidine rings is 1. The Hall–Kier alpha value is -0.960. The van der Waals surface area contributed by atoms with Gasteiger partial charge in [0.25, 0.3) is 0 Å². The van der Waals surface area contributed by atoms with Gasteiger partial charge in [-0.3, -0.25) is 0 Å². The van der Waals surface area contributed by atoms with E-state index in [2.05, 4.69) is 18.7 Å². The highest BCUT2D eigenvalue weighted by Gasteiger charge is 2.29. The number of benzene rings is 1. The van der Waals surface area contributed by atoms with Crippen molar-refractivity contribution in [1.29, 1.82) is 0 Å². The Labute approximate surface area is 113 Å². The van der Waals surface area contributed by atoms with Gasteiger partial charge in [-0.2, -0.15) is 0 Å². The predicted molar refractivity (Wildman–Crippen MR) is 75.7 cm³/mol. The Kier molecular flexibility index (Phi) is 3.71. The molecule has 0 atom stereocenters. The smallest absolute Gasteiger partial charge is 0.144 e. The van der Waals surface area contributed by atoms with Gasteiger partial charge in [0.1, 0.15) is 5.82 Å². The number of anilines is 2. The van der Waals surface area contributed by atoms with Crippen molar-refractivity contribution in [2.45, 2.75) is 33.1 Å². The van der Waals surface area contributed by atoms with Gasteiger partial charge in [0.05, 0.1) is 16.4 Å². The van der Waals surface area contributed by atoms with E-state index in [0.717, 1.165) is 31.6 Å². The lowest BCUT2D eigenvalue weighted by Gasteiger charge is -2.40. The molecule has 2 N–H and O–H groups in total. The molecule has 1 aliphatic heterocycles. The van der Waals surface area contributed by atoms with E-state index < -0.39 is 5.82 Å². The fraction of sp³-hybridized carbons (Fsp3) is 0.571. The van der Waals surface area contributed by atoms with Gasteiger partial charge in [0.15, 0.2) is 0 Å². The number of nitrogen functional groups attached to an aromatic ring is 1. The molecule has 100 valence electrons. The molecule has 0 bridgehead atoms. The fourth-order valence-corrected chi connectivity index (χ4v) is 2.64. The molecule has 18 heavy (non-hydrogen) atoms. The van der Waals surface area contributed by atoms with Crippen LogP contribution in [-0.4, -0.2) is 13.1 Å². The first-order valence-corrected chi connectivity index (χ1v) is 6.82. The summed E-state index contributed by atoms with van der Waals surface area (Å²) in [6.07, 6.45) is 3.42. The lowest BCUT2D eigenvalue weighted by atomic mass is 9.78. The lowest BCUT2D eigenvalue weighted by Crippen LogP contribution is -2.38. The van der Waals surface area contributed by atoms with Gasteiger partial charge in [0, 0.05) is 19.2 Å². The Balaban J connectivity index is 2.17. The molecule has 1 heterocycles. The monoisotopic (exact) mass is 270 g/mol. The average Bonchev–Trinajstić information content (AvgIpc) is 2.35. The topological polar surface area (TPSA) is 29.3 Å². The molecule has 2 rings (SSSR count). The van der Waals surface area contributed by atoms with Crippen molar-refractivity contribution >= 4 is 23.0 Å². The quantitative estimate of drug-likeness (QED) is 0.821. The van der Waals surface area contributed by atoms with Crippen LogP contribution in [0.2, 0.25) is 5.02 Å². The number of hydrogen-bond acceptors (Lipinski definition) is 2. The summed E-state index contributed by atoms with van der Waals surface area (Å²) in [5.74, 6) is -0.398. The number of nitrogens with two attached hydrogens (primary N) is 1. The zero-order valence-electron chi connectivity index (χ0n) is 11.0. The van der Waals surface area contributed by atoms with Gasteiger partial charge in [-0.15, -0.1) is 0 Å². The highest BCUT2D eigenvalue weighted by atomic mass is 35.5. The maximum atomic E-state index is 13.5. The summed E-state index contributed by atoms with van der Waals surface area (Å²) >= 11 is 5.72. The second-order valence-corrected chi connectivity index (χ2v) is 5.88. The summed E-state index contributed by atoms with van der Waals surface area (Å²) in [7, 11) is 0. The van der Waals surface area contributed by atoms with E-state index in [4.69, 9.17) is 17.3 Å². The van der Waals surface area contributed by atoms with E-state index in [-0.39, 0.29) is 5.02 Å². The third-order valence-corrected chi connectivity index (χ3v) is 4.52. The molecule has 0 unspecified atom stereocenters. The van der Waals surface area contributed by atoms with Crippen molar-refractivity contribution in [2.24, 2.45) is 5.41 Å². The minimum atomic E-state index is -0.398. The fourth-order valence-electron chi connectivity index (χ4n) is 2.47. The van der Waals surface area contributed by atoms with Crippen LogP contribution in [0.5, 0.6) is 0 Å². The minimum Gasteiger partial charge on any atom is -0.397 e. The summed E-state index contributed by atoms with van der Waals surface area (Å²) in [5.41, 5.74) is 7.67. The lowest BCUT2D eigenvalue weighted by molar-refractivity contribution is 0.238. The number of rotatable bonds is 2. The van der Waals surface area contributed by atoms with Crippen molar-refractivity contribution in [3.63, 3.8) is 0 Å². The normalized spacial score (nSPS) is 19.0. The van der Waals surface area contributed by atoms with Crippen LogP contribution in [0.3, 0.4) is 0 Å². The first-order chi connectivity index (χ1) is 8.45. The van der Waals surface area contributed by atoms with Crippen LogP contribution >= 0.6 is 11.6 Å². The maximum absolute atomic E-state index is 13.5. The van der Waals surface area contributed by atoms with Crippen molar-refractivity contribution in [3.8, 4) is 0 Å². The molecule has 0 spiro atoms. The van der Waals surface area contributed by atoms with Gasteiger partial charge < -0.3 is 10.6 Å². The molecule has 1 fully saturated rings. The zero-order valence-corrected chi connectivity index (χ0v) is 11.7. The third-order valence-electron chi connectivity index (χ3n) is 4.23. The molecular formula is C14H20ClFN2. The molecule has 0 saturated carbocycles. The second-order valence-electron chi connectivity index (χ2n) is 5.48. The minimum absolute atomic E-state index is 0.0895. The first kappa shape index (κ1) is 13.5. The van der Waals surface area contributed by atoms with Crippen LogP contribution in [0.15, 0.2) is 12.1 Å². The summed E-state index contributed by atoms with van der Waals surface area (Å²) in [6, 6.07) is 2.95. The molecule has 1 saturated heterocycles. The van der Waals surface area contributed by atoms with Crippen molar-refractivity contribution < 1.29 is 4.39 Å². The Bertz CT molecular complexity index is 440. The molecule has 0 aromatic heterocycles. The van der Waals surface area contributed by atoms with E-state index in [1.807, 2.05) is 0 Å². The van der Waals surface area contributed by atoms with Gasteiger partial charge in [-0.1, -0.05) is 31.9 Å². The van der Waals surface area contributed by atoms with Gasteiger partial charge >= 0.3 is 0 Å². The van der Waals surface area contributed by atoms with Gasteiger partial charge in [-0.05, 0) is 24.3 Å². The van der Waals surface area contributed by atoms with E-state index >= 15 is 0 Å². The van der Waals surface area contributed by atoms with E-state index in [0.29, 0.717) is 11.1 Å². The van der Waals surface area contributed by atoms with Gasteiger partial charge in [0.2, 0.25) is 0 Å². The molecule has 0 amide bonds. The number of hydrogen-bond donors (Lipinski definition) is 1. The molecule has 1 aromatic carbocycles. The molecule has 1 aromatic rings. The van der Waals surface area contributed by atoms with E-state index in [9.17, 15) is 4.39 Å². The highest BCUT2D eigenvalue weighted by molar-refractivity contribution is 6.31. The maximum Gasteiger partial charge on any atom is 0.144 e. The molecule has 0 aliphatic carbocycles. The van der Waals surface area contributed by atoms with Crippen LogP contribution in [0.1, 0.15) is 33.1 Å². The SMILES string of the molecule is CCC1(C)CCN(c2cc(F)c(Cl)cc2N)CC1. The van der Waals surface area contributed by atoms with Crippen LogP contribution in [0.25, 0.3) is 0 Å². The number of nitrogens with zero attached hydrogens (tertiary/aromatic N) is 1. The average molecular weight is 271 g/mol. The molecule has 2 nitrogen and oxygen atoms in total. The summed E-state index contributed by atoms with van der Waals surface area (Å²) in [6.45, 7) is 6.40. The highest BCUT2D eigenvalue weighted by Crippen LogP contribution is 2.38. The van der Waals surface area contributed by atoms with Crippen molar-refractivity contribution in [1.82, 2.24) is 0 Å². The summed E-state index contributed by atoms with van der Waals surface area (Å²) in [5, 5.41) is 0.0895. The van der Waals surface area contributed by atoms with Crippen LogP contribution < -0.4 is 10.6 Å². The molecule has 0 radical (unpaired) electrons.